The van der Waals surface area contributed by atoms with Crippen molar-refractivity contribution >= 4 is 11.6 Å². The molecule has 4 rings (SSSR count). The molecule has 0 bridgehead atoms. The Morgan fingerprint density at radius 1 is 0.955 bits per heavy atom. The van der Waals surface area contributed by atoms with Crippen molar-refractivity contribution in [2.24, 2.45) is 0 Å². The SMILES string of the molecule is O=C1Cc2ccccc2N1C1CCN(C2CCOCC2)CC1. The van der Waals surface area contributed by atoms with Gasteiger partial charge in [-0.1, -0.05) is 18.2 Å². The van der Waals surface area contributed by atoms with E-state index in [4.69, 9.17) is 4.74 Å². The van der Waals surface area contributed by atoms with Gasteiger partial charge in [0.2, 0.25) is 5.91 Å². The third kappa shape index (κ3) is 2.55. The number of nitrogens with zero attached hydrogens (tertiary/aromatic N) is 2. The molecule has 0 spiro atoms. The predicted molar refractivity (Wildman–Crippen MR) is 86.1 cm³/mol. The molecule has 1 amide bonds. The second-order valence-corrected chi connectivity index (χ2v) is 6.68. The summed E-state index contributed by atoms with van der Waals surface area (Å²) in [4.78, 5) is 17.1. The van der Waals surface area contributed by atoms with Crippen LogP contribution in [0, 0.1) is 0 Å². The molecule has 4 heteroatoms. The number of carbonyl (C=O) groups is 1. The summed E-state index contributed by atoms with van der Waals surface area (Å²) in [7, 11) is 0. The highest BCUT2D eigenvalue weighted by molar-refractivity contribution is 6.01. The molecule has 0 saturated carbocycles. The van der Waals surface area contributed by atoms with E-state index < -0.39 is 0 Å². The van der Waals surface area contributed by atoms with Crippen LogP contribution in [0.25, 0.3) is 0 Å². The molecule has 0 N–H and O–H groups in total. The van der Waals surface area contributed by atoms with Gasteiger partial charge in [-0.25, -0.2) is 0 Å². The highest BCUT2D eigenvalue weighted by atomic mass is 16.5. The van der Waals surface area contributed by atoms with Gasteiger partial charge in [-0.3, -0.25) is 4.79 Å². The minimum Gasteiger partial charge on any atom is -0.381 e. The van der Waals surface area contributed by atoms with Crippen LogP contribution >= 0.6 is 0 Å². The third-order valence-corrected chi connectivity index (χ3v) is 5.43. The van der Waals surface area contributed by atoms with E-state index in [0.717, 1.165) is 57.7 Å². The number of anilines is 1. The largest absolute Gasteiger partial charge is 0.381 e. The number of fused-ring (bicyclic) bond motifs is 1. The number of likely N-dealkylation sites (tertiary alicyclic amines) is 1. The molecule has 0 aliphatic carbocycles. The summed E-state index contributed by atoms with van der Waals surface area (Å²) in [6.07, 6.45) is 5.09. The molecule has 1 aromatic rings. The van der Waals surface area contributed by atoms with Crippen molar-refractivity contribution in [2.75, 3.05) is 31.2 Å². The first-order valence-corrected chi connectivity index (χ1v) is 8.54. The van der Waals surface area contributed by atoms with Gasteiger partial charge < -0.3 is 14.5 Å². The minimum absolute atomic E-state index is 0.283. The van der Waals surface area contributed by atoms with Crippen LogP contribution in [0.2, 0.25) is 0 Å². The molecule has 0 radical (unpaired) electrons. The fourth-order valence-corrected chi connectivity index (χ4v) is 4.24. The molecule has 4 nitrogen and oxygen atoms in total. The lowest BCUT2D eigenvalue weighted by Gasteiger charge is -2.41. The van der Waals surface area contributed by atoms with Crippen molar-refractivity contribution in [3.05, 3.63) is 29.8 Å². The zero-order valence-corrected chi connectivity index (χ0v) is 13.0. The summed E-state index contributed by atoms with van der Waals surface area (Å²) in [5.74, 6) is 0.283. The van der Waals surface area contributed by atoms with Gasteiger partial charge in [0.05, 0.1) is 6.42 Å². The number of para-hydroxylation sites is 1. The Morgan fingerprint density at radius 3 is 2.45 bits per heavy atom. The lowest BCUT2D eigenvalue weighted by Crippen LogP contribution is -2.50. The smallest absolute Gasteiger partial charge is 0.231 e. The maximum atomic E-state index is 12.4. The molecule has 118 valence electrons. The fraction of sp³-hybridized carbons (Fsp3) is 0.611. The van der Waals surface area contributed by atoms with Crippen LogP contribution < -0.4 is 4.90 Å². The van der Waals surface area contributed by atoms with Gasteiger partial charge in [-0.15, -0.1) is 0 Å². The Labute approximate surface area is 132 Å². The van der Waals surface area contributed by atoms with E-state index >= 15 is 0 Å². The third-order valence-electron chi connectivity index (χ3n) is 5.43. The maximum Gasteiger partial charge on any atom is 0.231 e. The van der Waals surface area contributed by atoms with Crippen molar-refractivity contribution in [1.82, 2.24) is 4.90 Å². The second-order valence-electron chi connectivity index (χ2n) is 6.68. The molecule has 0 aromatic heterocycles. The van der Waals surface area contributed by atoms with Crippen LogP contribution in [0.15, 0.2) is 24.3 Å². The molecular formula is C18H24N2O2. The Hall–Kier alpha value is -1.39. The Bertz CT molecular complexity index is 546. The van der Waals surface area contributed by atoms with Gasteiger partial charge in [0.25, 0.3) is 0 Å². The summed E-state index contributed by atoms with van der Waals surface area (Å²) in [5.41, 5.74) is 2.34. The molecule has 0 atom stereocenters. The Kier molecular flexibility index (Phi) is 3.89. The molecule has 1 aromatic carbocycles. The number of piperidine rings is 1. The average molecular weight is 300 g/mol. The van der Waals surface area contributed by atoms with E-state index in [1.54, 1.807) is 0 Å². The molecule has 2 saturated heterocycles. The lowest BCUT2D eigenvalue weighted by molar-refractivity contribution is -0.118. The van der Waals surface area contributed by atoms with E-state index in [0.29, 0.717) is 18.5 Å². The molecule has 3 heterocycles. The number of carbonyl (C=O) groups excluding carboxylic acids is 1. The highest BCUT2D eigenvalue weighted by Crippen LogP contribution is 2.33. The van der Waals surface area contributed by atoms with Crippen molar-refractivity contribution in [3.63, 3.8) is 0 Å². The van der Waals surface area contributed by atoms with Gasteiger partial charge in [-0.2, -0.15) is 0 Å². The average Bonchev–Trinajstić information content (AvgIpc) is 2.91. The molecular weight excluding hydrogens is 276 g/mol. The van der Waals surface area contributed by atoms with Gasteiger partial charge in [0.1, 0.15) is 0 Å². The van der Waals surface area contributed by atoms with Crippen molar-refractivity contribution in [3.8, 4) is 0 Å². The standard InChI is InChI=1S/C18H24N2O2/c21-18-13-14-3-1-2-4-17(14)20(18)16-5-9-19(10-6-16)15-7-11-22-12-8-15/h1-4,15-16H,5-13H2. The van der Waals surface area contributed by atoms with E-state index in [-0.39, 0.29) is 5.91 Å². The van der Waals surface area contributed by atoms with Crippen LogP contribution in [0.3, 0.4) is 0 Å². The second kappa shape index (κ2) is 6.01. The van der Waals surface area contributed by atoms with Crippen LogP contribution in [0.5, 0.6) is 0 Å². The van der Waals surface area contributed by atoms with Gasteiger partial charge >= 0.3 is 0 Å². The Balaban J connectivity index is 1.42. The summed E-state index contributed by atoms with van der Waals surface area (Å²) in [6, 6.07) is 9.34. The normalized spacial score (nSPS) is 24.7. The van der Waals surface area contributed by atoms with Crippen molar-refractivity contribution in [1.29, 1.82) is 0 Å². The van der Waals surface area contributed by atoms with E-state index in [9.17, 15) is 4.79 Å². The van der Waals surface area contributed by atoms with E-state index in [2.05, 4.69) is 21.9 Å². The van der Waals surface area contributed by atoms with Crippen LogP contribution in [0.1, 0.15) is 31.2 Å². The quantitative estimate of drug-likeness (QED) is 0.839. The maximum absolute atomic E-state index is 12.4. The van der Waals surface area contributed by atoms with Crippen LogP contribution in [0.4, 0.5) is 5.69 Å². The number of amides is 1. The fourth-order valence-electron chi connectivity index (χ4n) is 4.24. The number of hydrogen-bond donors (Lipinski definition) is 0. The number of ether oxygens (including phenoxy) is 1. The zero-order chi connectivity index (χ0) is 14.9. The van der Waals surface area contributed by atoms with Crippen LogP contribution in [-0.4, -0.2) is 49.2 Å². The first-order valence-electron chi connectivity index (χ1n) is 8.54. The first kappa shape index (κ1) is 14.2. The molecule has 2 fully saturated rings. The first-order chi connectivity index (χ1) is 10.8. The molecule has 22 heavy (non-hydrogen) atoms. The predicted octanol–water partition coefficient (Wildman–Crippen LogP) is 2.22. The minimum atomic E-state index is 0.283. The van der Waals surface area contributed by atoms with E-state index in [1.807, 2.05) is 12.1 Å². The molecule has 0 unspecified atom stereocenters. The van der Waals surface area contributed by atoms with Gasteiger partial charge in [-0.05, 0) is 37.3 Å². The topological polar surface area (TPSA) is 32.8 Å². The summed E-state index contributed by atoms with van der Waals surface area (Å²) in [6.45, 7) is 4.04. The number of hydrogen-bond acceptors (Lipinski definition) is 3. The van der Waals surface area contributed by atoms with Gasteiger partial charge in [0, 0.05) is 44.1 Å². The van der Waals surface area contributed by atoms with Gasteiger partial charge in [0.15, 0.2) is 0 Å². The number of rotatable bonds is 2. The van der Waals surface area contributed by atoms with Crippen molar-refractivity contribution in [2.45, 2.75) is 44.2 Å². The van der Waals surface area contributed by atoms with Crippen LogP contribution in [-0.2, 0) is 16.0 Å². The molecule has 3 aliphatic rings. The number of benzene rings is 1. The highest BCUT2D eigenvalue weighted by Gasteiger charge is 2.35. The zero-order valence-electron chi connectivity index (χ0n) is 13.0. The lowest BCUT2D eigenvalue weighted by atomic mass is 9.98. The molecule has 3 aliphatic heterocycles. The van der Waals surface area contributed by atoms with Crippen molar-refractivity contribution < 1.29 is 9.53 Å². The monoisotopic (exact) mass is 300 g/mol. The van der Waals surface area contributed by atoms with E-state index in [1.165, 1.54) is 5.56 Å². The summed E-state index contributed by atoms with van der Waals surface area (Å²) in [5, 5.41) is 0. The summed E-state index contributed by atoms with van der Waals surface area (Å²) < 4.78 is 5.47. The summed E-state index contributed by atoms with van der Waals surface area (Å²) >= 11 is 0. The Morgan fingerprint density at radius 2 is 1.68 bits per heavy atom.